The van der Waals surface area contributed by atoms with Crippen LogP contribution in [0.25, 0.3) is 5.69 Å². The minimum atomic E-state index is -0.561. The molecule has 12 nitrogen and oxygen atoms in total. The fraction of sp³-hybridized carbons (Fsp3) is 0.167. The third kappa shape index (κ3) is 5.06. The van der Waals surface area contributed by atoms with Gasteiger partial charge in [-0.05, 0) is 37.3 Å². The van der Waals surface area contributed by atoms with Gasteiger partial charge in [0.25, 0.3) is 11.5 Å². The Morgan fingerprint density at radius 1 is 1.08 bits per heavy atom. The zero-order valence-electron chi connectivity index (χ0n) is 19.5. The number of hydrogen-bond acceptors (Lipinski definition) is 6. The van der Waals surface area contributed by atoms with E-state index in [2.05, 4.69) is 15.7 Å². The monoisotopic (exact) mass is 489 g/mol. The van der Waals surface area contributed by atoms with Gasteiger partial charge in [0.1, 0.15) is 18.1 Å². The number of nitro groups is 1. The highest BCUT2D eigenvalue weighted by molar-refractivity contribution is 6.05. The van der Waals surface area contributed by atoms with Crippen LogP contribution >= 0.6 is 0 Å². The van der Waals surface area contributed by atoms with E-state index in [0.29, 0.717) is 17.1 Å². The summed E-state index contributed by atoms with van der Waals surface area (Å²) in [6, 6.07) is 15.4. The highest BCUT2D eigenvalue weighted by atomic mass is 16.6. The molecule has 4 aromatic rings. The molecule has 2 heterocycles. The number of carbonyl (C=O) groups excluding carboxylic acids is 2. The van der Waals surface area contributed by atoms with E-state index in [1.807, 2.05) is 18.2 Å². The van der Waals surface area contributed by atoms with Crippen molar-refractivity contribution in [2.24, 2.45) is 7.05 Å². The summed E-state index contributed by atoms with van der Waals surface area (Å²) in [5.74, 6) is -0.851. The van der Waals surface area contributed by atoms with Crippen molar-refractivity contribution < 1.29 is 14.5 Å². The maximum absolute atomic E-state index is 13.0. The highest BCUT2D eigenvalue weighted by Crippen LogP contribution is 2.17. The van der Waals surface area contributed by atoms with Crippen LogP contribution < -0.4 is 16.2 Å². The first-order chi connectivity index (χ1) is 17.2. The van der Waals surface area contributed by atoms with E-state index in [1.54, 1.807) is 49.0 Å². The van der Waals surface area contributed by atoms with Gasteiger partial charge in [-0.3, -0.25) is 33.9 Å². The lowest BCUT2D eigenvalue weighted by molar-refractivity contribution is -0.385. The third-order valence-electron chi connectivity index (χ3n) is 5.60. The van der Waals surface area contributed by atoms with Crippen LogP contribution in [0.4, 0.5) is 17.1 Å². The normalized spacial score (nSPS) is 10.7. The number of aryl methyl sites for hydroxylation is 1. The summed E-state index contributed by atoms with van der Waals surface area (Å²) in [5.41, 5.74) is 1.55. The Morgan fingerprint density at radius 3 is 2.53 bits per heavy atom. The highest BCUT2D eigenvalue weighted by Gasteiger charge is 2.19. The molecular weight excluding hydrogens is 466 g/mol. The molecule has 0 unspecified atom stereocenters. The molecule has 36 heavy (non-hydrogen) atoms. The number of para-hydroxylation sites is 1. The van der Waals surface area contributed by atoms with E-state index in [4.69, 9.17) is 0 Å². The van der Waals surface area contributed by atoms with E-state index >= 15 is 0 Å². The van der Waals surface area contributed by atoms with Crippen LogP contribution in [0.15, 0.2) is 71.8 Å². The van der Waals surface area contributed by atoms with Crippen LogP contribution in [0, 0.1) is 17.0 Å². The predicted molar refractivity (Wildman–Crippen MR) is 132 cm³/mol. The number of anilines is 2. The largest absolute Gasteiger partial charge is 0.326 e. The molecule has 12 heteroatoms. The lowest BCUT2D eigenvalue weighted by Gasteiger charge is -2.08. The molecule has 0 atom stereocenters. The van der Waals surface area contributed by atoms with E-state index in [-0.39, 0.29) is 41.4 Å². The topological polar surface area (TPSA) is 146 Å². The molecule has 0 radical (unpaired) electrons. The standard InChI is InChI=1S/C24H23N7O5/c1-16-22(24(34)30(28(16)2)19-9-4-3-5-10-19)27-23(33)17-7-6-8-18(13-17)26-21(32)11-12-29-15-20(14-25-29)31(35)36/h3-10,13-15H,11-12H2,1-2H3,(H,26,32)(H,27,33). The third-order valence-corrected chi connectivity index (χ3v) is 5.60. The second-order valence-electron chi connectivity index (χ2n) is 7.99. The van der Waals surface area contributed by atoms with Crippen molar-refractivity contribution in [3.63, 3.8) is 0 Å². The number of aromatic nitrogens is 4. The molecule has 0 aliphatic heterocycles. The SMILES string of the molecule is Cc1c(NC(=O)c2cccc(NC(=O)CCn3cc([N+](=O)[O-])cn3)c2)c(=O)n(-c2ccccc2)n1C. The second kappa shape index (κ2) is 10.1. The summed E-state index contributed by atoms with van der Waals surface area (Å²) in [5, 5.41) is 20.0. The van der Waals surface area contributed by atoms with Gasteiger partial charge in [0.15, 0.2) is 0 Å². The summed E-state index contributed by atoms with van der Waals surface area (Å²) >= 11 is 0. The van der Waals surface area contributed by atoms with Crippen LogP contribution in [0.2, 0.25) is 0 Å². The molecule has 184 valence electrons. The van der Waals surface area contributed by atoms with Gasteiger partial charge in [0.2, 0.25) is 5.91 Å². The van der Waals surface area contributed by atoms with Crippen molar-refractivity contribution in [1.82, 2.24) is 19.1 Å². The quantitative estimate of drug-likeness (QED) is 0.287. The number of nitrogens with zero attached hydrogens (tertiary/aromatic N) is 5. The lowest BCUT2D eigenvalue weighted by atomic mass is 10.1. The van der Waals surface area contributed by atoms with Crippen LogP contribution in [-0.2, 0) is 18.4 Å². The van der Waals surface area contributed by atoms with Crippen molar-refractivity contribution in [1.29, 1.82) is 0 Å². The Morgan fingerprint density at radius 2 is 1.83 bits per heavy atom. The number of rotatable bonds is 8. The predicted octanol–water partition coefficient (Wildman–Crippen LogP) is 2.87. The summed E-state index contributed by atoms with van der Waals surface area (Å²) in [7, 11) is 1.73. The van der Waals surface area contributed by atoms with E-state index in [0.717, 1.165) is 6.20 Å². The molecule has 0 saturated carbocycles. The molecule has 0 saturated heterocycles. The Bertz CT molecular complexity index is 1500. The summed E-state index contributed by atoms with van der Waals surface area (Å²) in [6.45, 7) is 1.89. The molecule has 2 aromatic heterocycles. The van der Waals surface area contributed by atoms with Crippen molar-refractivity contribution in [3.05, 3.63) is 98.7 Å². The molecule has 0 aliphatic carbocycles. The summed E-state index contributed by atoms with van der Waals surface area (Å²) < 4.78 is 4.44. The Labute approximate surface area is 204 Å². The van der Waals surface area contributed by atoms with Gasteiger partial charge in [-0.15, -0.1) is 0 Å². The van der Waals surface area contributed by atoms with Gasteiger partial charge in [0.05, 0.1) is 16.3 Å². The maximum Gasteiger partial charge on any atom is 0.306 e. The first kappa shape index (κ1) is 24.1. The molecule has 0 bridgehead atoms. The van der Waals surface area contributed by atoms with Gasteiger partial charge >= 0.3 is 5.69 Å². The Balaban J connectivity index is 1.44. The number of carbonyl (C=O) groups is 2. The van der Waals surface area contributed by atoms with Gasteiger partial charge in [-0.1, -0.05) is 24.3 Å². The number of amides is 2. The molecule has 4 rings (SSSR count). The molecule has 0 fully saturated rings. The summed E-state index contributed by atoms with van der Waals surface area (Å²) in [6.07, 6.45) is 2.39. The summed E-state index contributed by atoms with van der Waals surface area (Å²) in [4.78, 5) is 48.5. The van der Waals surface area contributed by atoms with E-state index < -0.39 is 10.8 Å². The minimum absolute atomic E-state index is 0.0253. The van der Waals surface area contributed by atoms with E-state index in [9.17, 15) is 24.5 Å². The fourth-order valence-electron chi connectivity index (χ4n) is 3.64. The van der Waals surface area contributed by atoms with Gasteiger partial charge < -0.3 is 10.6 Å². The molecule has 2 N–H and O–H groups in total. The lowest BCUT2D eigenvalue weighted by Crippen LogP contribution is -2.23. The van der Waals surface area contributed by atoms with Crippen LogP contribution in [0.1, 0.15) is 22.5 Å². The number of hydrogen-bond donors (Lipinski definition) is 2. The van der Waals surface area contributed by atoms with Crippen LogP contribution in [0.5, 0.6) is 0 Å². The molecule has 0 aliphatic rings. The Kier molecular flexibility index (Phi) is 6.77. The van der Waals surface area contributed by atoms with Gasteiger partial charge in [0, 0.05) is 31.3 Å². The maximum atomic E-state index is 13.0. The average molecular weight is 489 g/mol. The van der Waals surface area contributed by atoms with Crippen molar-refractivity contribution >= 4 is 28.9 Å². The van der Waals surface area contributed by atoms with Crippen molar-refractivity contribution in [2.45, 2.75) is 19.9 Å². The molecule has 2 amide bonds. The minimum Gasteiger partial charge on any atom is -0.326 e. The molecular formula is C24H23N7O5. The zero-order chi connectivity index (χ0) is 25.8. The average Bonchev–Trinajstić information content (AvgIpc) is 3.43. The zero-order valence-corrected chi connectivity index (χ0v) is 19.5. The second-order valence-corrected chi connectivity index (χ2v) is 7.99. The van der Waals surface area contributed by atoms with Crippen LogP contribution in [-0.4, -0.2) is 35.9 Å². The fourth-order valence-corrected chi connectivity index (χ4v) is 3.64. The smallest absolute Gasteiger partial charge is 0.306 e. The van der Waals surface area contributed by atoms with Crippen LogP contribution in [0.3, 0.4) is 0 Å². The number of nitrogens with one attached hydrogen (secondary N) is 2. The van der Waals surface area contributed by atoms with Gasteiger partial charge in [-0.2, -0.15) is 5.10 Å². The molecule has 0 spiro atoms. The van der Waals surface area contributed by atoms with Crippen molar-refractivity contribution in [2.75, 3.05) is 10.6 Å². The first-order valence-corrected chi connectivity index (χ1v) is 11.0. The molecule has 2 aromatic carbocycles. The first-order valence-electron chi connectivity index (χ1n) is 11.0. The van der Waals surface area contributed by atoms with Gasteiger partial charge in [-0.25, -0.2) is 4.68 Å². The van der Waals surface area contributed by atoms with Crippen molar-refractivity contribution in [3.8, 4) is 5.69 Å². The van der Waals surface area contributed by atoms with E-state index in [1.165, 1.54) is 21.6 Å². The Hall–Kier alpha value is -5.00. The number of benzene rings is 2.